The minimum Gasteiger partial charge on any atom is -0.379 e. The molecule has 15 heteroatoms. The molecule has 0 spiro atoms. The molecular weight excluding hydrogens is 720 g/mol. The molecule has 4 atom stereocenters. The van der Waals surface area contributed by atoms with Gasteiger partial charge in [0, 0.05) is 13.0 Å². The lowest BCUT2D eigenvalue weighted by molar-refractivity contribution is -0.142. The first-order chi connectivity index (χ1) is 26.8. The van der Waals surface area contributed by atoms with Crippen molar-refractivity contribution in [2.45, 2.75) is 64.2 Å². The molecule has 0 aliphatic carbocycles. The maximum absolute atomic E-state index is 13.6. The van der Waals surface area contributed by atoms with Crippen molar-refractivity contribution in [3.05, 3.63) is 96.6 Å². The van der Waals surface area contributed by atoms with Crippen molar-refractivity contribution in [2.24, 2.45) is 11.7 Å². The van der Waals surface area contributed by atoms with Crippen molar-refractivity contribution in [1.29, 1.82) is 0 Å². The number of benzene rings is 3. The van der Waals surface area contributed by atoms with Crippen LogP contribution in [-0.2, 0) is 55.9 Å². The van der Waals surface area contributed by atoms with Gasteiger partial charge in [-0.3, -0.25) is 33.6 Å². The molecule has 0 radical (unpaired) electrons. The first kappa shape index (κ1) is 44.5. The average Bonchev–Trinajstić information content (AvgIpc) is 3.17. The van der Waals surface area contributed by atoms with Crippen LogP contribution in [0.15, 0.2) is 85.5 Å². The predicted octanol–water partition coefficient (Wildman–Crippen LogP) is 1.02. The molecule has 0 aliphatic heterocycles. The fraction of sp³-hybridized carbons (Fsp3) is 0.390. The van der Waals surface area contributed by atoms with E-state index in [2.05, 4.69) is 33.2 Å². The van der Waals surface area contributed by atoms with Crippen LogP contribution >= 0.6 is 0 Å². The zero-order valence-corrected chi connectivity index (χ0v) is 32.0. The summed E-state index contributed by atoms with van der Waals surface area (Å²) in [5.41, 5.74) is 7.04. The van der Waals surface area contributed by atoms with Gasteiger partial charge in [0.15, 0.2) is 0 Å². The lowest BCUT2D eigenvalue weighted by atomic mass is 10.0. The quantitative estimate of drug-likeness (QED) is 0.0434. The summed E-state index contributed by atoms with van der Waals surface area (Å²) in [6.07, 6.45) is 1.72. The number of rotatable bonds is 24. The van der Waals surface area contributed by atoms with Gasteiger partial charge in [-0.15, -0.1) is 6.58 Å². The Balaban J connectivity index is 1.64. The number of nitrogens with two attached hydrogens (primary N) is 1. The molecule has 3 rings (SSSR count). The summed E-state index contributed by atoms with van der Waals surface area (Å²) in [5, 5.41) is 14.5. The predicted molar refractivity (Wildman–Crippen MR) is 210 cm³/mol. The second kappa shape index (κ2) is 23.1. The molecule has 300 valence electrons. The van der Waals surface area contributed by atoms with Gasteiger partial charge >= 0.3 is 0 Å². The molecule has 15 nitrogen and oxygen atoms in total. The highest BCUT2D eigenvalue weighted by Gasteiger charge is 2.33. The highest BCUT2D eigenvalue weighted by Crippen LogP contribution is 2.17. The highest BCUT2D eigenvalue weighted by atomic mass is 16.5. The van der Waals surface area contributed by atoms with Crippen LogP contribution in [0.25, 0.3) is 10.8 Å². The van der Waals surface area contributed by atoms with E-state index >= 15 is 0 Å². The molecule has 0 saturated carbocycles. The molecule has 56 heavy (non-hydrogen) atoms. The van der Waals surface area contributed by atoms with Crippen molar-refractivity contribution >= 4 is 52.0 Å². The van der Waals surface area contributed by atoms with E-state index in [0.29, 0.717) is 0 Å². The second-order valence-corrected chi connectivity index (χ2v) is 13.5. The molecule has 0 bridgehead atoms. The lowest BCUT2D eigenvalue weighted by Crippen LogP contribution is -2.59. The third-order valence-corrected chi connectivity index (χ3v) is 8.41. The van der Waals surface area contributed by atoms with Gasteiger partial charge in [0.1, 0.15) is 24.2 Å². The van der Waals surface area contributed by atoms with Gasteiger partial charge < -0.3 is 41.8 Å². The number of hydrogen-bond acceptors (Lipinski definition) is 9. The number of carbonyl (C=O) groups is 7. The van der Waals surface area contributed by atoms with E-state index in [9.17, 15) is 33.6 Å². The van der Waals surface area contributed by atoms with E-state index in [1.165, 1.54) is 6.08 Å². The first-order valence-electron chi connectivity index (χ1n) is 18.4. The number of ether oxygens (including phenoxy) is 2. The summed E-state index contributed by atoms with van der Waals surface area (Å²) in [6, 6.07) is 17.2. The van der Waals surface area contributed by atoms with E-state index in [4.69, 9.17) is 15.2 Å². The second-order valence-electron chi connectivity index (χ2n) is 13.5. The van der Waals surface area contributed by atoms with Crippen LogP contribution in [-0.4, -0.2) is 98.4 Å². The number of primary amides is 1. The summed E-state index contributed by atoms with van der Waals surface area (Å²) in [5.74, 6) is -5.91. The van der Waals surface area contributed by atoms with E-state index < -0.39 is 71.9 Å². The van der Waals surface area contributed by atoms with E-state index in [-0.39, 0.29) is 51.6 Å². The summed E-state index contributed by atoms with van der Waals surface area (Å²) < 4.78 is 10.8. The number of amides is 6. The topological polar surface area (TPSA) is 224 Å². The Hall–Kier alpha value is -5.93. The van der Waals surface area contributed by atoms with Crippen LogP contribution in [0.3, 0.4) is 0 Å². The third kappa shape index (κ3) is 15.1. The van der Waals surface area contributed by atoms with Gasteiger partial charge in [0.25, 0.3) is 5.91 Å². The maximum Gasteiger partial charge on any atom is 0.290 e. The number of nitrogens with one attached hydrogen (secondary N) is 5. The molecule has 4 unspecified atom stereocenters. The standard InChI is InChI=1S/C41H52N6O9/c1-5-18-56-25-34(45-35(48)22-27-12-8-7-9-13-27)40(53)46-32(19-26(3)4)39(52)47-33(24-55-6-2)37(50)41(54)43-23-36(49)44-31(38(42)51)21-28-16-17-29-14-10-11-15-30(29)20-28/h5,7-17,20,26,31-34H,1,6,18-19,21-25H2,2-4H3,(H2,42,51)(H,43,54)(H,44,49)(H,45,48)(H,46,53)(H,47,52). The SMILES string of the molecule is C=CCOCC(NC(=O)Cc1ccccc1)C(=O)NC(CC(C)C)C(=O)NC(COCC)C(=O)C(=O)NCC(=O)NC(Cc1ccc2ccccc2c1)C(N)=O. The first-order valence-corrected chi connectivity index (χ1v) is 18.4. The van der Waals surface area contributed by atoms with Crippen LogP contribution < -0.4 is 32.3 Å². The zero-order chi connectivity index (χ0) is 41.0. The van der Waals surface area contributed by atoms with Crippen LogP contribution in [0.4, 0.5) is 0 Å². The van der Waals surface area contributed by atoms with E-state index in [1.54, 1.807) is 31.2 Å². The number of carbonyl (C=O) groups excluding carboxylic acids is 7. The minimum atomic E-state index is -1.49. The van der Waals surface area contributed by atoms with Crippen molar-refractivity contribution in [1.82, 2.24) is 26.6 Å². The van der Waals surface area contributed by atoms with E-state index in [0.717, 1.165) is 21.9 Å². The summed E-state index contributed by atoms with van der Waals surface area (Å²) in [7, 11) is 0. The molecular formula is C41H52N6O9. The Morgan fingerprint density at radius 1 is 0.714 bits per heavy atom. The fourth-order valence-corrected chi connectivity index (χ4v) is 5.62. The van der Waals surface area contributed by atoms with Crippen molar-refractivity contribution in [2.75, 3.05) is 33.0 Å². The van der Waals surface area contributed by atoms with Crippen LogP contribution in [0.5, 0.6) is 0 Å². The smallest absolute Gasteiger partial charge is 0.290 e. The normalized spacial score (nSPS) is 13.1. The molecule has 7 N–H and O–H groups in total. The average molecular weight is 773 g/mol. The molecule has 0 aromatic heterocycles. The maximum atomic E-state index is 13.6. The Labute approximate surface area is 326 Å². The molecule has 3 aromatic rings. The van der Waals surface area contributed by atoms with Gasteiger partial charge in [-0.1, -0.05) is 92.7 Å². The van der Waals surface area contributed by atoms with Gasteiger partial charge in [0.2, 0.25) is 35.3 Å². The van der Waals surface area contributed by atoms with Crippen LogP contribution in [0.2, 0.25) is 0 Å². The van der Waals surface area contributed by atoms with Gasteiger partial charge in [0.05, 0.1) is 32.8 Å². The number of hydrogen-bond donors (Lipinski definition) is 6. The molecule has 0 saturated heterocycles. The molecule has 6 amide bonds. The highest BCUT2D eigenvalue weighted by molar-refractivity contribution is 6.38. The van der Waals surface area contributed by atoms with Crippen molar-refractivity contribution in [3.8, 4) is 0 Å². The molecule has 0 fully saturated rings. The Kier molecular flexibility index (Phi) is 18.3. The Morgan fingerprint density at radius 3 is 2.00 bits per heavy atom. The third-order valence-electron chi connectivity index (χ3n) is 8.41. The molecule has 0 heterocycles. The van der Waals surface area contributed by atoms with Crippen molar-refractivity contribution < 1.29 is 43.0 Å². The van der Waals surface area contributed by atoms with Gasteiger partial charge in [-0.2, -0.15) is 0 Å². The van der Waals surface area contributed by atoms with Crippen LogP contribution in [0.1, 0.15) is 38.3 Å². The molecule has 0 aliphatic rings. The number of ketones is 1. The fourth-order valence-electron chi connectivity index (χ4n) is 5.62. The molecule has 3 aromatic carbocycles. The number of Topliss-reactive ketones (excluding diaryl/α,β-unsaturated/α-hetero) is 1. The van der Waals surface area contributed by atoms with E-state index in [1.807, 2.05) is 62.4 Å². The lowest BCUT2D eigenvalue weighted by Gasteiger charge is -2.26. The monoisotopic (exact) mass is 772 g/mol. The van der Waals surface area contributed by atoms with Gasteiger partial charge in [-0.05, 0) is 41.2 Å². The largest absolute Gasteiger partial charge is 0.379 e. The number of fused-ring (bicyclic) bond motifs is 1. The minimum absolute atomic E-state index is 0.00395. The van der Waals surface area contributed by atoms with Crippen molar-refractivity contribution in [3.63, 3.8) is 0 Å². The van der Waals surface area contributed by atoms with Gasteiger partial charge in [-0.25, -0.2) is 0 Å². The Morgan fingerprint density at radius 2 is 1.34 bits per heavy atom. The Bertz CT molecular complexity index is 1830. The zero-order valence-electron chi connectivity index (χ0n) is 32.0. The summed E-state index contributed by atoms with van der Waals surface area (Å²) in [4.78, 5) is 91.2. The summed E-state index contributed by atoms with van der Waals surface area (Å²) >= 11 is 0. The summed E-state index contributed by atoms with van der Waals surface area (Å²) in [6.45, 7) is 7.89. The van der Waals surface area contributed by atoms with Crippen LogP contribution in [0, 0.1) is 5.92 Å².